The molecule has 0 aromatic rings. The summed E-state index contributed by atoms with van der Waals surface area (Å²) in [7, 11) is 1.79. The summed E-state index contributed by atoms with van der Waals surface area (Å²) in [5.74, 6) is 0.154. The van der Waals surface area contributed by atoms with Crippen molar-refractivity contribution in [2.45, 2.75) is 51.0 Å². The number of β-amino-alcohol motifs (C(OH)–C–C–N with tert-alkyl or cyclic N) is 1. The van der Waals surface area contributed by atoms with E-state index in [9.17, 15) is 9.90 Å². The largest absolute Gasteiger partial charge is 0.387 e. The van der Waals surface area contributed by atoms with Crippen molar-refractivity contribution < 1.29 is 9.90 Å². The van der Waals surface area contributed by atoms with Crippen LogP contribution in [0.15, 0.2) is 0 Å². The molecule has 1 rings (SSSR count). The highest BCUT2D eigenvalue weighted by molar-refractivity contribution is 5.75. The van der Waals surface area contributed by atoms with E-state index >= 15 is 0 Å². The van der Waals surface area contributed by atoms with E-state index in [2.05, 4.69) is 12.2 Å². The zero-order chi connectivity index (χ0) is 12.7. The predicted octanol–water partition coefficient (Wildman–Crippen LogP) is 1.14. The molecule has 0 radical (unpaired) electrons. The summed E-state index contributed by atoms with van der Waals surface area (Å²) in [4.78, 5) is 13.5. The third-order valence-corrected chi connectivity index (χ3v) is 3.42. The maximum Gasteiger partial charge on any atom is 0.222 e. The molecule has 0 bridgehead atoms. The van der Waals surface area contributed by atoms with Crippen molar-refractivity contribution in [2.24, 2.45) is 0 Å². The fourth-order valence-corrected chi connectivity index (χ4v) is 2.29. The van der Waals surface area contributed by atoms with E-state index in [1.165, 1.54) is 12.8 Å². The molecule has 1 saturated heterocycles. The molecule has 100 valence electrons. The van der Waals surface area contributed by atoms with Crippen molar-refractivity contribution in [2.75, 3.05) is 26.7 Å². The van der Waals surface area contributed by atoms with Crippen LogP contribution in [0, 0.1) is 0 Å². The van der Waals surface area contributed by atoms with Crippen LogP contribution in [0.5, 0.6) is 0 Å². The van der Waals surface area contributed by atoms with E-state index in [1.807, 2.05) is 0 Å². The maximum absolute atomic E-state index is 11.8. The molecule has 2 N–H and O–H groups in total. The second kappa shape index (κ2) is 6.97. The first-order valence-corrected chi connectivity index (χ1v) is 6.74. The third-order valence-electron chi connectivity index (χ3n) is 3.42. The number of carbonyl (C=O) groups is 1. The average Bonchev–Trinajstić information content (AvgIpc) is 2.70. The summed E-state index contributed by atoms with van der Waals surface area (Å²) in [5, 5.41) is 13.3. The van der Waals surface area contributed by atoms with Gasteiger partial charge < -0.3 is 15.3 Å². The van der Waals surface area contributed by atoms with Gasteiger partial charge in [0.15, 0.2) is 0 Å². The quantitative estimate of drug-likeness (QED) is 0.658. The molecular weight excluding hydrogens is 216 g/mol. The van der Waals surface area contributed by atoms with Gasteiger partial charge in [0.05, 0.1) is 12.1 Å². The summed E-state index contributed by atoms with van der Waals surface area (Å²) < 4.78 is 0. The molecule has 1 heterocycles. The van der Waals surface area contributed by atoms with E-state index in [-0.39, 0.29) is 5.91 Å². The van der Waals surface area contributed by atoms with Crippen LogP contribution in [0.2, 0.25) is 0 Å². The van der Waals surface area contributed by atoms with Crippen molar-refractivity contribution in [3.8, 4) is 0 Å². The van der Waals surface area contributed by atoms with Crippen LogP contribution in [0.25, 0.3) is 0 Å². The van der Waals surface area contributed by atoms with Crippen molar-refractivity contribution in [3.63, 3.8) is 0 Å². The molecule has 1 atom stereocenters. The normalized spacial score (nSPS) is 23.9. The first kappa shape index (κ1) is 14.5. The first-order chi connectivity index (χ1) is 8.07. The van der Waals surface area contributed by atoms with Crippen molar-refractivity contribution in [3.05, 3.63) is 0 Å². The second-order valence-corrected chi connectivity index (χ2v) is 5.21. The summed E-state index contributed by atoms with van der Waals surface area (Å²) in [6.07, 6.45) is 5.83. The predicted molar refractivity (Wildman–Crippen MR) is 68.8 cm³/mol. The van der Waals surface area contributed by atoms with E-state index in [4.69, 9.17) is 0 Å². The fourth-order valence-electron chi connectivity index (χ4n) is 2.29. The number of hydrogen-bond acceptors (Lipinski definition) is 3. The molecule has 1 aliphatic heterocycles. The summed E-state index contributed by atoms with van der Waals surface area (Å²) >= 11 is 0. The van der Waals surface area contributed by atoms with E-state index in [0.717, 1.165) is 25.8 Å². The van der Waals surface area contributed by atoms with Gasteiger partial charge in [-0.1, -0.05) is 26.2 Å². The molecule has 1 aliphatic rings. The van der Waals surface area contributed by atoms with Gasteiger partial charge in [-0.2, -0.15) is 0 Å². The lowest BCUT2D eigenvalue weighted by molar-refractivity contribution is -0.133. The standard InChI is InChI=1S/C13H26N2O2/c1-3-4-5-6-7-12(16)15(2)11-13(17)8-9-14-10-13/h14,17H,3-11H2,1-2H3. The number of aliphatic hydroxyl groups is 1. The SMILES string of the molecule is CCCCCCC(=O)N(C)CC1(O)CCNC1. The highest BCUT2D eigenvalue weighted by Crippen LogP contribution is 2.16. The molecule has 0 aliphatic carbocycles. The molecule has 17 heavy (non-hydrogen) atoms. The topological polar surface area (TPSA) is 52.6 Å². The van der Waals surface area contributed by atoms with Gasteiger partial charge >= 0.3 is 0 Å². The molecule has 0 aromatic carbocycles. The molecule has 4 nitrogen and oxygen atoms in total. The summed E-state index contributed by atoms with van der Waals surface area (Å²) in [5.41, 5.74) is -0.714. The van der Waals surface area contributed by atoms with Gasteiger partial charge in [0.1, 0.15) is 0 Å². The Morgan fingerprint density at radius 3 is 2.76 bits per heavy atom. The van der Waals surface area contributed by atoms with Crippen LogP contribution < -0.4 is 5.32 Å². The van der Waals surface area contributed by atoms with Crippen molar-refractivity contribution in [1.29, 1.82) is 0 Å². The van der Waals surface area contributed by atoms with Crippen molar-refractivity contribution in [1.82, 2.24) is 10.2 Å². The fraction of sp³-hybridized carbons (Fsp3) is 0.923. The first-order valence-electron chi connectivity index (χ1n) is 6.74. The maximum atomic E-state index is 11.8. The Balaban J connectivity index is 2.22. The lowest BCUT2D eigenvalue weighted by atomic mass is 10.0. The third kappa shape index (κ3) is 5.04. The second-order valence-electron chi connectivity index (χ2n) is 5.21. The number of nitrogens with zero attached hydrogens (tertiary/aromatic N) is 1. The average molecular weight is 242 g/mol. The Kier molecular flexibility index (Phi) is 5.92. The van der Waals surface area contributed by atoms with Crippen LogP contribution >= 0.6 is 0 Å². The lowest BCUT2D eigenvalue weighted by Gasteiger charge is -2.28. The van der Waals surface area contributed by atoms with Gasteiger partial charge in [-0.15, -0.1) is 0 Å². The molecule has 0 aromatic heterocycles. The number of nitrogens with one attached hydrogen (secondary N) is 1. The highest BCUT2D eigenvalue weighted by atomic mass is 16.3. The Morgan fingerprint density at radius 2 is 2.18 bits per heavy atom. The minimum Gasteiger partial charge on any atom is -0.387 e. The highest BCUT2D eigenvalue weighted by Gasteiger charge is 2.33. The molecule has 1 amide bonds. The van der Waals surface area contributed by atoms with Gasteiger partial charge in [-0.05, 0) is 19.4 Å². The van der Waals surface area contributed by atoms with Crippen LogP contribution in [-0.2, 0) is 4.79 Å². The Hall–Kier alpha value is -0.610. The summed E-state index contributed by atoms with van der Waals surface area (Å²) in [6.45, 7) is 4.05. The van der Waals surface area contributed by atoms with Gasteiger partial charge in [-0.25, -0.2) is 0 Å². The molecular formula is C13H26N2O2. The number of amides is 1. The van der Waals surface area contributed by atoms with Crippen molar-refractivity contribution >= 4 is 5.91 Å². The number of unbranched alkanes of at least 4 members (excludes halogenated alkanes) is 3. The number of rotatable bonds is 7. The number of carbonyl (C=O) groups excluding carboxylic acids is 1. The lowest BCUT2D eigenvalue weighted by Crippen LogP contribution is -2.45. The van der Waals surface area contributed by atoms with Crippen LogP contribution in [-0.4, -0.2) is 48.2 Å². The van der Waals surface area contributed by atoms with Gasteiger partial charge in [-0.3, -0.25) is 4.79 Å². The molecule has 0 spiro atoms. The summed E-state index contributed by atoms with van der Waals surface area (Å²) in [6, 6.07) is 0. The molecule has 1 fully saturated rings. The zero-order valence-electron chi connectivity index (χ0n) is 11.2. The van der Waals surface area contributed by atoms with Gasteiger partial charge in [0.2, 0.25) is 5.91 Å². The van der Waals surface area contributed by atoms with E-state index in [0.29, 0.717) is 19.5 Å². The Morgan fingerprint density at radius 1 is 1.41 bits per heavy atom. The van der Waals surface area contributed by atoms with E-state index in [1.54, 1.807) is 11.9 Å². The Labute approximate surface area is 104 Å². The van der Waals surface area contributed by atoms with Crippen LogP contribution in [0.1, 0.15) is 45.4 Å². The minimum absolute atomic E-state index is 0.154. The van der Waals surface area contributed by atoms with Crippen LogP contribution in [0.4, 0.5) is 0 Å². The number of hydrogen-bond donors (Lipinski definition) is 2. The van der Waals surface area contributed by atoms with Crippen LogP contribution in [0.3, 0.4) is 0 Å². The smallest absolute Gasteiger partial charge is 0.222 e. The monoisotopic (exact) mass is 242 g/mol. The molecule has 4 heteroatoms. The number of likely N-dealkylation sites (N-methyl/N-ethyl adjacent to an activating group) is 1. The molecule has 0 saturated carbocycles. The minimum atomic E-state index is -0.714. The molecule has 1 unspecified atom stereocenters. The van der Waals surface area contributed by atoms with Gasteiger partial charge in [0, 0.05) is 20.0 Å². The van der Waals surface area contributed by atoms with E-state index < -0.39 is 5.60 Å². The Bertz CT molecular complexity index is 238. The zero-order valence-corrected chi connectivity index (χ0v) is 11.2. The van der Waals surface area contributed by atoms with Gasteiger partial charge in [0.25, 0.3) is 0 Å².